The van der Waals surface area contributed by atoms with E-state index >= 15 is 0 Å². The number of Topliss-reactive ketones (excluding diaryl/α,β-unsaturated/α-hetero) is 1. The van der Waals surface area contributed by atoms with Crippen LogP contribution < -0.4 is 5.32 Å². The largest absolute Gasteiger partial charge is 0.325 e. The van der Waals surface area contributed by atoms with Gasteiger partial charge in [0.2, 0.25) is 5.91 Å². The van der Waals surface area contributed by atoms with Crippen molar-refractivity contribution < 1.29 is 9.59 Å². The average Bonchev–Trinajstić information content (AvgIpc) is 3.29. The number of fused-ring (bicyclic) bond motifs is 1. The number of thioether (sulfide) groups is 1. The van der Waals surface area contributed by atoms with Crippen LogP contribution in [0.15, 0.2) is 59.1 Å². The molecule has 4 rings (SSSR count). The molecule has 0 aliphatic heterocycles. The monoisotopic (exact) mass is 422 g/mol. The molecule has 0 atom stereocenters. The zero-order valence-corrected chi connectivity index (χ0v) is 17.5. The lowest BCUT2D eigenvalue weighted by Crippen LogP contribution is -2.14. The highest BCUT2D eigenvalue weighted by Gasteiger charge is 2.16. The van der Waals surface area contributed by atoms with Gasteiger partial charge in [0.05, 0.1) is 5.75 Å². The van der Waals surface area contributed by atoms with Crippen LogP contribution in [0.2, 0.25) is 0 Å². The molecule has 0 saturated heterocycles. The minimum Gasteiger partial charge on any atom is -0.325 e. The minimum absolute atomic E-state index is 0.0388. The summed E-state index contributed by atoms with van der Waals surface area (Å²) in [5.74, 6) is 0.768. The van der Waals surface area contributed by atoms with Crippen molar-refractivity contribution in [3.63, 3.8) is 0 Å². The quantitative estimate of drug-likeness (QED) is 0.362. The number of aromatic nitrogens is 3. The van der Waals surface area contributed by atoms with Gasteiger partial charge in [0.1, 0.15) is 0 Å². The van der Waals surface area contributed by atoms with Crippen LogP contribution in [0.5, 0.6) is 0 Å². The number of carbonyl (C=O) groups excluding carboxylic acids is 2. The molecule has 6 nitrogen and oxygen atoms in total. The molecule has 1 amide bonds. The highest BCUT2D eigenvalue weighted by molar-refractivity contribution is 7.99. The van der Waals surface area contributed by atoms with Gasteiger partial charge >= 0.3 is 0 Å². The van der Waals surface area contributed by atoms with Crippen LogP contribution in [0.4, 0.5) is 5.69 Å². The maximum Gasteiger partial charge on any atom is 0.234 e. The number of thiophene rings is 1. The number of ketones is 1. The van der Waals surface area contributed by atoms with Gasteiger partial charge in [-0.3, -0.25) is 9.59 Å². The number of rotatable bonds is 6. The summed E-state index contributed by atoms with van der Waals surface area (Å²) in [6, 6.07) is 15.1. The lowest BCUT2D eigenvalue weighted by Gasteiger charge is -2.06. The molecule has 4 aromatic rings. The molecule has 0 bridgehead atoms. The molecule has 0 aliphatic carbocycles. The third-order valence-corrected chi connectivity index (χ3v) is 6.43. The summed E-state index contributed by atoms with van der Waals surface area (Å²) in [7, 11) is 1.90. The summed E-state index contributed by atoms with van der Waals surface area (Å²) in [5.41, 5.74) is 2.21. The third-order valence-electron chi connectivity index (χ3n) is 4.44. The molecule has 1 N–H and O–H groups in total. The van der Waals surface area contributed by atoms with Gasteiger partial charge in [-0.1, -0.05) is 42.1 Å². The van der Waals surface area contributed by atoms with Crippen molar-refractivity contribution in [3.8, 4) is 11.4 Å². The van der Waals surface area contributed by atoms with Crippen LogP contribution in [0, 0.1) is 0 Å². The predicted molar refractivity (Wildman–Crippen MR) is 118 cm³/mol. The highest BCUT2D eigenvalue weighted by Crippen LogP contribution is 2.33. The van der Waals surface area contributed by atoms with Crippen molar-refractivity contribution in [1.82, 2.24) is 14.8 Å². The zero-order chi connectivity index (χ0) is 20.4. The van der Waals surface area contributed by atoms with Gasteiger partial charge in [-0.25, -0.2) is 0 Å². The number of hydrogen-bond donors (Lipinski definition) is 1. The van der Waals surface area contributed by atoms with E-state index in [-0.39, 0.29) is 17.4 Å². The maximum absolute atomic E-state index is 12.3. The third kappa shape index (κ3) is 4.08. The van der Waals surface area contributed by atoms with Crippen LogP contribution in [-0.2, 0) is 11.8 Å². The molecule has 0 radical (unpaired) electrons. The molecular weight excluding hydrogens is 404 g/mol. The highest BCUT2D eigenvalue weighted by atomic mass is 32.2. The fourth-order valence-corrected chi connectivity index (χ4v) is 4.62. The van der Waals surface area contributed by atoms with E-state index in [4.69, 9.17) is 0 Å². The van der Waals surface area contributed by atoms with Crippen LogP contribution in [-0.4, -0.2) is 32.2 Å². The van der Waals surface area contributed by atoms with Crippen LogP contribution >= 0.6 is 23.1 Å². The second-order valence-corrected chi connectivity index (χ2v) is 8.34. The van der Waals surface area contributed by atoms with E-state index in [1.807, 2.05) is 23.7 Å². The Bertz CT molecular complexity index is 1210. The Morgan fingerprint density at radius 1 is 1.14 bits per heavy atom. The van der Waals surface area contributed by atoms with Gasteiger partial charge in [-0.15, -0.1) is 21.5 Å². The van der Waals surface area contributed by atoms with Crippen molar-refractivity contribution in [1.29, 1.82) is 0 Å². The molecular formula is C21H18N4O2S2. The maximum atomic E-state index is 12.3. The van der Waals surface area contributed by atoms with Gasteiger partial charge in [0.15, 0.2) is 16.8 Å². The second-order valence-electron chi connectivity index (χ2n) is 6.48. The molecule has 2 heterocycles. The number of nitrogens with one attached hydrogen (secondary N) is 1. The summed E-state index contributed by atoms with van der Waals surface area (Å²) in [4.78, 5) is 23.8. The minimum atomic E-state index is -0.166. The Balaban J connectivity index is 1.45. The molecule has 0 saturated carbocycles. The smallest absolute Gasteiger partial charge is 0.234 e. The first-order valence-electron chi connectivity index (χ1n) is 8.92. The van der Waals surface area contributed by atoms with E-state index in [0.29, 0.717) is 16.4 Å². The summed E-state index contributed by atoms with van der Waals surface area (Å²) in [6.45, 7) is 1.50. The van der Waals surface area contributed by atoms with Crippen molar-refractivity contribution in [2.24, 2.45) is 7.05 Å². The number of hydrogen-bond acceptors (Lipinski definition) is 6. The van der Waals surface area contributed by atoms with Crippen molar-refractivity contribution >= 4 is 50.6 Å². The van der Waals surface area contributed by atoms with Crippen LogP contribution in [0.25, 0.3) is 21.5 Å². The van der Waals surface area contributed by atoms with Gasteiger partial charge in [0, 0.05) is 39.3 Å². The predicted octanol–water partition coefficient (Wildman–Crippen LogP) is 4.63. The first kappa shape index (κ1) is 19.4. The Morgan fingerprint density at radius 2 is 1.97 bits per heavy atom. The Labute approximate surface area is 176 Å². The van der Waals surface area contributed by atoms with E-state index in [2.05, 4.69) is 33.0 Å². The van der Waals surface area contributed by atoms with E-state index in [1.165, 1.54) is 23.4 Å². The van der Waals surface area contributed by atoms with Gasteiger partial charge < -0.3 is 9.88 Å². The first-order chi connectivity index (χ1) is 14.0. The Hall–Kier alpha value is -2.97. The number of anilines is 1. The topological polar surface area (TPSA) is 76.9 Å². The number of benzene rings is 2. The molecule has 0 spiro atoms. The zero-order valence-electron chi connectivity index (χ0n) is 15.9. The molecule has 0 aliphatic rings. The molecule has 29 heavy (non-hydrogen) atoms. The van der Waals surface area contributed by atoms with Crippen LogP contribution in [0.1, 0.15) is 17.3 Å². The van der Waals surface area contributed by atoms with E-state index in [0.717, 1.165) is 16.8 Å². The first-order valence-corrected chi connectivity index (χ1v) is 10.8. The van der Waals surface area contributed by atoms with Gasteiger partial charge in [0.25, 0.3) is 0 Å². The molecule has 0 unspecified atom stereocenters. The molecule has 8 heteroatoms. The number of nitrogens with zero attached hydrogens (tertiary/aromatic N) is 3. The van der Waals surface area contributed by atoms with Crippen LogP contribution in [0.3, 0.4) is 0 Å². The fourth-order valence-electron chi connectivity index (χ4n) is 2.97. The summed E-state index contributed by atoms with van der Waals surface area (Å²) < 4.78 is 3.11. The average molecular weight is 423 g/mol. The molecule has 2 aromatic heterocycles. The van der Waals surface area contributed by atoms with E-state index in [9.17, 15) is 9.59 Å². The number of carbonyl (C=O) groups is 2. The van der Waals surface area contributed by atoms with Crippen molar-refractivity contribution in [3.05, 3.63) is 59.5 Å². The summed E-state index contributed by atoms with van der Waals surface area (Å²) in [5, 5.41) is 15.3. The lowest BCUT2D eigenvalue weighted by atomic mass is 10.1. The summed E-state index contributed by atoms with van der Waals surface area (Å²) >= 11 is 3.00. The van der Waals surface area contributed by atoms with E-state index in [1.54, 1.807) is 35.6 Å². The molecule has 146 valence electrons. The standard InChI is InChI=1S/C21H18N4O2S2/c1-13(26)14-6-5-7-15(10-14)22-19(27)12-29-21-24-23-20(25(21)2)17-11-28-18-9-4-3-8-16(17)18/h3-11H,12H2,1-2H3,(H,22,27). The Kier molecular flexibility index (Phi) is 5.46. The molecule has 2 aromatic carbocycles. The number of amides is 1. The second kappa shape index (κ2) is 8.18. The van der Waals surface area contributed by atoms with E-state index < -0.39 is 0 Å². The van der Waals surface area contributed by atoms with Crippen molar-refractivity contribution in [2.75, 3.05) is 11.1 Å². The molecule has 0 fully saturated rings. The Morgan fingerprint density at radius 3 is 2.79 bits per heavy atom. The normalized spacial score (nSPS) is 11.0. The summed E-state index contributed by atoms with van der Waals surface area (Å²) in [6.07, 6.45) is 0. The van der Waals surface area contributed by atoms with Gasteiger partial charge in [-0.2, -0.15) is 0 Å². The van der Waals surface area contributed by atoms with Gasteiger partial charge in [-0.05, 0) is 25.1 Å². The lowest BCUT2D eigenvalue weighted by molar-refractivity contribution is -0.113. The SMILES string of the molecule is CC(=O)c1cccc(NC(=O)CSc2nnc(-c3csc4ccccc34)n2C)c1. The van der Waals surface area contributed by atoms with Crippen molar-refractivity contribution in [2.45, 2.75) is 12.1 Å². The fraction of sp³-hybridized carbons (Fsp3) is 0.143.